The Morgan fingerprint density at radius 1 is 1.33 bits per heavy atom. The van der Waals surface area contributed by atoms with Crippen LogP contribution in [0.1, 0.15) is 48.7 Å². The topological polar surface area (TPSA) is 48.1 Å². The van der Waals surface area contributed by atoms with Gasteiger partial charge in [0.1, 0.15) is 0 Å². The van der Waals surface area contributed by atoms with Gasteiger partial charge in [0, 0.05) is 24.0 Å². The van der Waals surface area contributed by atoms with E-state index in [-0.39, 0.29) is 11.6 Å². The average Bonchev–Trinajstić information content (AvgIpc) is 2.47. The SMILES string of the molecule is Cc1ccc(C(N)C2CCOC3(CCSCC3)C2)c(C)n1. The summed E-state index contributed by atoms with van der Waals surface area (Å²) in [5, 5.41) is 0. The first-order valence-corrected chi connectivity index (χ1v) is 9.17. The van der Waals surface area contributed by atoms with Crippen LogP contribution in [-0.2, 0) is 4.74 Å². The van der Waals surface area contributed by atoms with E-state index in [0.29, 0.717) is 5.92 Å². The van der Waals surface area contributed by atoms with Crippen LogP contribution in [0.25, 0.3) is 0 Å². The molecule has 1 aromatic rings. The minimum absolute atomic E-state index is 0.0912. The molecule has 116 valence electrons. The predicted molar refractivity (Wildman–Crippen MR) is 88.6 cm³/mol. The number of ether oxygens (including phenoxy) is 1. The number of aryl methyl sites for hydroxylation is 2. The van der Waals surface area contributed by atoms with Crippen molar-refractivity contribution >= 4 is 11.8 Å². The number of nitrogens with zero attached hydrogens (tertiary/aromatic N) is 1. The van der Waals surface area contributed by atoms with Crippen molar-refractivity contribution < 1.29 is 4.74 Å². The molecule has 0 aromatic carbocycles. The van der Waals surface area contributed by atoms with E-state index in [0.717, 1.165) is 30.8 Å². The minimum Gasteiger partial charge on any atom is -0.375 e. The van der Waals surface area contributed by atoms with Gasteiger partial charge in [-0.3, -0.25) is 4.98 Å². The van der Waals surface area contributed by atoms with E-state index in [2.05, 4.69) is 35.8 Å². The van der Waals surface area contributed by atoms with Gasteiger partial charge >= 0.3 is 0 Å². The number of rotatable bonds is 2. The maximum atomic E-state index is 6.61. The van der Waals surface area contributed by atoms with E-state index < -0.39 is 0 Å². The van der Waals surface area contributed by atoms with Crippen LogP contribution in [0.5, 0.6) is 0 Å². The molecule has 3 nitrogen and oxygen atoms in total. The molecule has 4 heteroatoms. The van der Waals surface area contributed by atoms with Crippen LogP contribution >= 0.6 is 11.8 Å². The number of hydrogen-bond donors (Lipinski definition) is 1. The summed E-state index contributed by atoms with van der Waals surface area (Å²) in [6.07, 6.45) is 4.56. The zero-order valence-electron chi connectivity index (χ0n) is 13.1. The van der Waals surface area contributed by atoms with Gasteiger partial charge in [0.15, 0.2) is 0 Å². The van der Waals surface area contributed by atoms with E-state index in [1.165, 1.54) is 29.9 Å². The molecule has 0 bridgehead atoms. The summed E-state index contributed by atoms with van der Waals surface area (Å²) < 4.78 is 6.19. The van der Waals surface area contributed by atoms with Crippen molar-refractivity contribution in [2.24, 2.45) is 11.7 Å². The van der Waals surface area contributed by atoms with Crippen molar-refractivity contribution in [3.8, 4) is 0 Å². The van der Waals surface area contributed by atoms with Gasteiger partial charge in [0.25, 0.3) is 0 Å². The second-order valence-corrected chi connectivity index (χ2v) is 7.77. The molecule has 2 saturated heterocycles. The van der Waals surface area contributed by atoms with Crippen LogP contribution in [0, 0.1) is 19.8 Å². The maximum Gasteiger partial charge on any atom is 0.0701 e. The highest BCUT2D eigenvalue weighted by molar-refractivity contribution is 7.99. The molecule has 2 aliphatic heterocycles. The third-order valence-electron chi connectivity index (χ3n) is 5.07. The van der Waals surface area contributed by atoms with Crippen molar-refractivity contribution in [3.63, 3.8) is 0 Å². The van der Waals surface area contributed by atoms with Crippen LogP contribution < -0.4 is 5.73 Å². The van der Waals surface area contributed by atoms with Gasteiger partial charge in [0.2, 0.25) is 0 Å². The summed E-state index contributed by atoms with van der Waals surface area (Å²) in [6.45, 7) is 4.97. The van der Waals surface area contributed by atoms with Crippen LogP contribution in [0.2, 0.25) is 0 Å². The summed E-state index contributed by atoms with van der Waals surface area (Å²) in [7, 11) is 0. The molecule has 0 saturated carbocycles. The molecule has 21 heavy (non-hydrogen) atoms. The fourth-order valence-electron chi connectivity index (χ4n) is 3.77. The molecule has 2 fully saturated rings. The van der Waals surface area contributed by atoms with E-state index in [1.54, 1.807) is 0 Å². The van der Waals surface area contributed by atoms with Gasteiger partial charge in [-0.1, -0.05) is 6.07 Å². The number of pyridine rings is 1. The Bertz CT molecular complexity index is 494. The van der Waals surface area contributed by atoms with E-state index in [4.69, 9.17) is 10.5 Å². The Labute approximate surface area is 132 Å². The summed E-state index contributed by atoms with van der Waals surface area (Å²) >= 11 is 2.05. The first kappa shape index (κ1) is 15.3. The van der Waals surface area contributed by atoms with E-state index in [9.17, 15) is 0 Å². The van der Waals surface area contributed by atoms with E-state index >= 15 is 0 Å². The van der Waals surface area contributed by atoms with Crippen LogP contribution in [0.4, 0.5) is 0 Å². The summed E-state index contributed by atoms with van der Waals surface area (Å²) in [5.41, 5.74) is 10.1. The van der Waals surface area contributed by atoms with Gasteiger partial charge < -0.3 is 10.5 Å². The molecule has 0 radical (unpaired) electrons. The second-order valence-electron chi connectivity index (χ2n) is 6.55. The molecule has 3 heterocycles. The van der Waals surface area contributed by atoms with Crippen molar-refractivity contribution in [2.45, 2.75) is 51.2 Å². The molecular formula is C17H26N2OS. The van der Waals surface area contributed by atoms with Gasteiger partial charge in [-0.15, -0.1) is 0 Å². The first-order valence-electron chi connectivity index (χ1n) is 8.01. The van der Waals surface area contributed by atoms with Gasteiger partial charge in [0.05, 0.1) is 5.60 Å². The number of hydrogen-bond acceptors (Lipinski definition) is 4. The Morgan fingerprint density at radius 3 is 2.81 bits per heavy atom. The molecule has 2 aliphatic rings. The molecular weight excluding hydrogens is 280 g/mol. The fourth-order valence-corrected chi connectivity index (χ4v) is 5.00. The Kier molecular flexibility index (Phi) is 4.57. The summed E-state index contributed by atoms with van der Waals surface area (Å²) in [4.78, 5) is 4.58. The molecule has 0 amide bonds. The smallest absolute Gasteiger partial charge is 0.0701 e. The third-order valence-corrected chi connectivity index (χ3v) is 6.05. The monoisotopic (exact) mass is 306 g/mol. The Morgan fingerprint density at radius 2 is 2.10 bits per heavy atom. The van der Waals surface area contributed by atoms with E-state index in [1.807, 2.05) is 6.92 Å². The predicted octanol–water partition coefficient (Wildman–Crippen LogP) is 3.39. The Hall–Kier alpha value is -0.580. The van der Waals surface area contributed by atoms with Crippen molar-refractivity contribution in [3.05, 3.63) is 29.1 Å². The molecule has 2 unspecified atom stereocenters. The zero-order chi connectivity index (χ0) is 14.9. The number of nitrogens with two attached hydrogens (primary N) is 1. The second kappa shape index (κ2) is 6.27. The zero-order valence-corrected chi connectivity index (χ0v) is 13.9. The van der Waals surface area contributed by atoms with Crippen molar-refractivity contribution in [2.75, 3.05) is 18.1 Å². The van der Waals surface area contributed by atoms with Crippen LogP contribution in [0.3, 0.4) is 0 Å². The highest BCUT2D eigenvalue weighted by Gasteiger charge is 2.40. The van der Waals surface area contributed by atoms with Crippen LogP contribution in [0.15, 0.2) is 12.1 Å². The minimum atomic E-state index is 0.0912. The lowest BCUT2D eigenvalue weighted by Crippen LogP contribution is -2.45. The average molecular weight is 306 g/mol. The van der Waals surface area contributed by atoms with Crippen LogP contribution in [-0.4, -0.2) is 28.7 Å². The quantitative estimate of drug-likeness (QED) is 0.910. The lowest BCUT2D eigenvalue weighted by molar-refractivity contribution is -0.105. The standard InChI is InChI=1S/C17H26N2OS/c1-12-3-4-15(13(2)19-12)16(18)14-5-8-20-17(11-14)6-9-21-10-7-17/h3-4,14,16H,5-11,18H2,1-2H3. The first-order chi connectivity index (χ1) is 10.1. The van der Waals surface area contributed by atoms with Crippen molar-refractivity contribution in [1.82, 2.24) is 4.98 Å². The molecule has 0 aliphatic carbocycles. The van der Waals surface area contributed by atoms with Gasteiger partial charge in [-0.25, -0.2) is 0 Å². The normalized spacial score (nSPS) is 26.7. The maximum absolute atomic E-state index is 6.61. The largest absolute Gasteiger partial charge is 0.375 e. The van der Waals surface area contributed by atoms with Crippen molar-refractivity contribution in [1.29, 1.82) is 0 Å². The lowest BCUT2D eigenvalue weighted by atomic mass is 9.77. The fraction of sp³-hybridized carbons (Fsp3) is 0.706. The highest BCUT2D eigenvalue weighted by atomic mass is 32.2. The van der Waals surface area contributed by atoms with Gasteiger partial charge in [-0.2, -0.15) is 11.8 Å². The lowest BCUT2D eigenvalue weighted by Gasteiger charge is -2.45. The molecule has 1 spiro atoms. The highest BCUT2D eigenvalue weighted by Crippen LogP contribution is 2.43. The summed E-state index contributed by atoms with van der Waals surface area (Å²) in [5.74, 6) is 2.98. The summed E-state index contributed by atoms with van der Waals surface area (Å²) in [6, 6.07) is 4.34. The number of thioether (sulfide) groups is 1. The molecule has 1 aromatic heterocycles. The third kappa shape index (κ3) is 3.27. The molecule has 2 atom stereocenters. The molecule has 3 rings (SSSR count). The molecule has 2 N–H and O–H groups in total. The Balaban J connectivity index is 1.76. The number of aromatic nitrogens is 1. The van der Waals surface area contributed by atoms with Gasteiger partial charge in [-0.05, 0) is 68.6 Å².